The molecule has 1 spiro atoms. The van der Waals surface area contributed by atoms with Gasteiger partial charge in [-0.1, -0.05) is 11.6 Å². The second-order valence-electron chi connectivity index (χ2n) is 7.96. The summed E-state index contributed by atoms with van der Waals surface area (Å²) in [5.74, 6) is 1.70. The van der Waals surface area contributed by atoms with Gasteiger partial charge in [0.2, 0.25) is 5.95 Å². The van der Waals surface area contributed by atoms with Crippen LogP contribution in [0, 0.1) is 12.3 Å². The third kappa shape index (κ3) is 2.91. The largest absolute Gasteiger partial charge is 0.475 e. The number of ether oxygens (including phenoxy) is 2. The number of nitrogens with one attached hydrogen (secondary N) is 2. The van der Waals surface area contributed by atoms with Crippen molar-refractivity contribution in [2.75, 3.05) is 30.5 Å². The summed E-state index contributed by atoms with van der Waals surface area (Å²) in [6.07, 6.45) is 4.63. The van der Waals surface area contributed by atoms with Gasteiger partial charge < -0.3 is 20.1 Å². The van der Waals surface area contributed by atoms with Gasteiger partial charge in [-0.05, 0) is 26.7 Å². The number of fused-ring (bicyclic) bond motifs is 3. The van der Waals surface area contributed by atoms with Crippen LogP contribution < -0.4 is 15.4 Å². The summed E-state index contributed by atoms with van der Waals surface area (Å²) in [5, 5.41) is 11.9. The van der Waals surface area contributed by atoms with Gasteiger partial charge in [-0.3, -0.25) is 4.68 Å². The predicted molar refractivity (Wildman–Crippen MR) is 102 cm³/mol. The number of anilines is 3. The summed E-state index contributed by atoms with van der Waals surface area (Å²) < 4.78 is 13.5. The van der Waals surface area contributed by atoms with E-state index in [0.29, 0.717) is 40.7 Å². The third-order valence-corrected chi connectivity index (χ3v) is 6.05. The second kappa shape index (κ2) is 6.24. The van der Waals surface area contributed by atoms with Crippen LogP contribution in [0.25, 0.3) is 0 Å². The van der Waals surface area contributed by atoms with Crippen molar-refractivity contribution in [2.24, 2.45) is 5.41 Å². The number of aromatic nitrogens is 4. The maximum absolute atomic E-state index is 6.23. The monoisotopic (exact) mass is 390 g/mol. The van der Waals surface area contributed by atoms with E-state index in [-0.39, 0.29) is 6.04 Å². The molecule has 1 atom stereocenters. The van der Waals surface area contributed by atoms with Crippen molar-refractivity contribution in [3.8, 4) is 5.88 Å². The molecule has 2 fully saturated rings. The van der Waals surface area contributed by atoms with E-state index in [1.165, 1.54) is 0 Å². The van der Waals surface area contributed by atoms with Crippen molar-refractivity contribution >= 4 is 29.1 Å². The lowest BCUT2D eigenvalue weighted by molar-refractivity contribution is -0.176. The molecule has 0 aromatic carbocycles. The Balaban J connectivity index is 1.48. The highest BCUT2D eigenvalue weighted by Crippen LogP contribution is 2.54. The van der Waals surface area contributed by atoms with Crippen LogP contribution >= 0.6 is 11.6 Å². The van der Waals surface area contributed by atoms with Crippen molar-refractivity contribution in [3.05, 3.63) is 16.9 Å². The fourth-order valence-corrected chi connectivity index (χ4v) is 4.26. The van der Waals surface area contributed by atoms with Crippen molar-refractivity contribution in [3.63, 3.8) is 0 Å². The molecule has 2 aromatic rings. The van der Waals surface area contributed by atoms with Crippen LogP contribution in [0.15, 0.2) is 6.20 Å². The Bertz CT molecular complexity index is 873. The van der Waals surface area contributed by atoms with Gasteiger partial charge in [0, 0.05) is 17.9 Å². The Morgan fingerprint density at radius 3 is 2.89 bits per heavy atom. The minimum absolute atomic E-state index is 0.167. The van der Waals surface area contributed by atoms with Crippen LogP contribution in [-0.4, -0.2) is 45.6 Å². The summed E-state index contributed by atoms with van der Waals surface area (Å²) >= 11 is 6.23. The van der Waals surface area contributed by atoms with Crippen LogP contribution in [0.4, 0.5) is 17.5 Å². The van der Waals surface area contributed by atoms with Crippen LogP contribution in [0.5, 0.6) is 5.88 Å². The minimum Gasteiger partial charge on any atom is -0.475 e. The Morgan fingerprint density at radius 1 is 1.33 bits per heavy atom. The zero-order chi connectivity index (χ0) is 18.6. The topological polar surface area (TPSA) is 86.1 Å². The lowest BCUT2D eigenvalue weighted by Crippen LogP contribution is -2.52. The van der Waals surface area contributed by atoms with Gasteiger partial charge in [0.25, 0.3) is 5.88 Å². The number of nitrogens with zero attached hydrogens (tertiary/aromatic N) is 4. The summed E-state index contributed by atoms with van der Waals surface area (Å²) in [6.45, 7) is 6.45. The van der Waals surface area contributed by atoms with Crippen molar-refractivity contribution < 1.29 is 9.47 Å². The number of hydrogen-bond donors (Lipinski definition) is 2. The molecular formula is C18H23ClN6O2. The highest BCUT2D eigenvalue weighted by Gasteiger charge is 2.51. The normalized spacial score (nSPS) is 23.7. The fraction of sp³-hybridized carbons (Fsp3) is 0.611. The predicted octanol–water partition coefficient (Wildman–Crippen LogP) is 3.31. The summed E-state index contributed by atoms with van der Waals surface area (Å²) in [6, 6.07) is 0.557. The van der Waals surface area contributed by atoms with Gasteiger partial charge in [-0.2, -0.15) is 4.98 Å². The molecule has 3 aliphatic rings. The molecule has 2 N–H and O–H groups in total. The lowest BCUT2D eigenvalue weighted by atomic mass is 9.64. The van der Waals surface area contributed by atoms with Crippen LogP contribution in [-0.2, 0) is 4.74 Å². The first-order valence-electron chi connectivity index (χ1n) is 9.39. The smallest absolute Gasteiger partial charge is 0.257 e. The molecule has 9 heteroatoms. The molecule has 144 valence electrons. The first-order chi connectivity index (χ1) is 13.0. The van der Waals surface area contributed by atoms with Gasteiger partial charge in [0.1, 0.15) is 10.7 Å². The zero-order valence-corrected chi connectivity index (χ0v) is 16.2. The van der Waals surface area contributed by atoms with E-state index in [2.05, 4.69) is 39.1 Å². The Hall–Kier alpha value is -2.06. The third-order valence-electron chi connectivity index (χ3n) is 5.77. The van der Waals surface area contributed by atoms with E-state index in [4.69, 9.17) is 26.2 Å². The van der Waals surface area contributed by atoms with Gasteiger partial charge in [-0.25, -0.2) is 4.98 Å². The lowest BCUT2D eigenvalue weighted by Gasteiger charge is -2.53. The maximum Gasteiger partial charge on any atom is 0.257 e. The Morgan fingerprint density at radius 2 is 2.15 bits per heavy atom. The van der Waals surface area contributed by atoms with E-state index in [0.717, 1.165) is 43.9 Å². The summed E-state index contributed by atoms with van der Waals surface area (Å²) in [5.41, 5.74) is 2.24. The standard InChI is InChI=1S/C18H23ClN6O2/c1-10-3-4-27-16-14(22-17-20-7-13(19)15(21-10)23-17)11(2)25(24-16)12-5-18(6-12)8-26-9-18/h7,10,12H,3-6,8-9H2,1-2H3,(H2,20,21,22,23)/t10-/m1/s1. The average Bonchev–Trinajstić information content (AvgIpc) is 2.83. The molecule has 1 saturated carbocycles. The van der Waals surface area contributed by atoms with Gasteiger partial charge in [0.05, 0.1) is 37.8 Å². The summed E-state index contributed by atoms with van der Waals surface area (Å²) in [4.78, 5) is 8.83. The first-order valence-corrected chi connectivity index (χ1v) is 9.77. The molecule has 1 saturated heterocycles. The molecular weight excluding hydrogens is 368 g/mol. The zero-order valence-electron chi connectivity index (χ0n) is 15.5. The quantitative estimate of drug-likeness (QED) is 0.772. The Labute approximate surface area is 162 Å². The van der Waals surface area contributed by atoms with E-state index in [1.807, 2.05) is 0 Å². The molecule has 4 heterocycles. The van der Waals surface area contributed by atoms with E-state index in [1.54, 1.807) is 6.20 Å². The van der Waals surface area contributed by atoms with Crippen LogP contribution in [0.1, 0.15) is 37.9 Å². The average molecular weight is 391 g/mol. The molecule has 0 radical (unpaired) electrons. The number of hydrogen-bond acceptors (Lipinski definition) is 7. The first kappa shape index (κ1) is 17.1. The summed E-state index contributed by atoms with van der Waals surface area (Å²) in [7, 11) is 0. The molecule has 2 bridgehead atoms. The fourth-order valence-electron chi connectivity index (χ4n) is 4.11. The molecule has 5 rings (SSSR count). The second-order valence-corrected chi connectivity index (χ2v) is 8.37. The SMILES string of the molecule is Cc1c2c(nn1C1CC3(COC3)C1)OCC[C@@H](C)Nc1nc(ncc1Cl)N2. The Kier molecular flexibility index (Phi) is 3.94. The van der Waals surface area contributed by atoms with Gasteiger partial charge in [-0.15, -0.1) is 5.10 Å². The van der Waals surface area contributed by atoms with E-state index >= 15 is 0 Å². The van der Waals surface area contributed by atoms with E-state index in [9.17, 15) is 0 Å². The highest BCUT2D eigenvalue weighted by molar-refractivity contribution is 6.32. The highest BCUT2D eigenvalue weighted by atomic mass is 35.5. The maximum atomic E-state index is 6.23. The molecule has 8 nitrogen and oxygen atoms in total. The van der Waals surface area contributed by atoms with Gasteiger partial charge in [0.15, 0.2) is 5.82 Å². The van der Waals surface area contributed by atoms with Crippen molar-refractivity contribution in [2.45, 2.75) is 45.2 Å². The molecule has 2 aromatic heterocycles. The number of halogens is 1. The van der Waals surface area contributed by atoms with Crippen LogP contribution in [0.2, 0.25) is 5.02 Å². The van der Waals surface area contributed by atoms with E-state index < -0.39 is 0 Å². The molecule has 2 aliphatic heterocycles. The molecule has 1 aliphatic carbocycles. The molecule has 27 heavy (non-hydrogen) atoms. The van der Waals surface area contributed by atoms with Gasteiger partial charge >= 0.3 is 0 Å². The van der Waals surface area contributed by atoms with Crippen molar-refractivity contribution in [1.29, 1.82) is 0 Å². The molecule has 0 unspecified atom stereocenters. The minimum atomic E-state index is 0.167. The van der Waals surface area contributed by atoms with Crippen molar-refractivity contribution in [1.82, 2.24) is 19.7 Å². The molecule has 0 amide bonds. The number of rotatable bonds is 1. The van der Waals surface area contributed by atoms with Crippen LogP contribution in [0.3, 0.4) is 0 Å².